The molecule has 0 saturated heterocycles. The second kappa shape index (κ2) is 36.0. The molecule has 4 nitrogen and oxygen atoms in total. The molecule has 176 valence electrons. The van der Waals surface area contributed by atoms with Crippen molar-refractivity contribution in [2.75, 3.05) is 0 Å². The largest absolute Gasteiger partial charge is 4.00 e. The van der Waals surface area contributed by atoms with Crippen molar-refractivity contribution in [1.82, 2.24) is 0 Å². The first-order valence-electron chi connectivity index (χ1n) is 11.7. The molecule has 0 bridgehead atoms. The Morgan fingerprint density at radius 2 is 0.552 bits per heavy atom. The second-order valence-corrected chi connectivity index (χ2v) is 7.81. The van der Waals surface area contributed by atoms with Gasteiger partial charge in [-0.2, -0.15) is 0 Å². The molecule has 0 fully saturated rings. The Morgan fingerprint density at radius 3 is 0.586 bits per heavy atom. The molecule has 4 atom stereocenters. The van der Waals surface area contributed by atoms with Crippen LogP contribution in [0.5, 0.6) is 0 Å². The van der Waals surface area contributed by atoms with Crippen molar-refractivity contribution in [2.45, 2.75) is 157 Å². The van der Waals surface area contributed by atoms with Gasteiger partial charge in [0.05, 0.1) is 0 Å². The Labute approximate surface area is 198 Å². The predicted molar refractivity (Wildman–Crippen MR) is 116 cm³/mol. The van der Waals surface area contributed by atoms with Crippen molar-refractivity contribution in [3.63, 3.8) is 0 Å². The minimum atomic E-state index is -0.347. The fourth-order valence-electron chi connectivity index (χ4n) is 1.97. The summed E-state index contributed by atoms with van der Waals surface area (Å²) in [4.78, 5) is 0. The SMILES string of the molecule is CCCCC(C)[O-].CCCCC(C)[O-].CCCCC(C)[O-].CCCCC(C)[O-].[Ti+4]. The third-order valence-electron chi connectivity index (χ3n) is 3.86. The molecule has 0 aromatic heterocycles. The summed E-state index contributed by atoms with van der Waals surface area (Å²) < 4.78 is 0. The van der Waals surface area contributed by atoms with E-state index in [1.54, 1.807) is 27.7 Å². The smallest absolute Gasteiger partial charge is 0.852 e. The summed E-state index contributed by atoms with van der Waals surface area (Å²) in [6, 6.07) is 0. The molecule has 0 heterocycles. The van der Waals surface area contributed by atoms with Gasteiger partial charge in [-0.3, -0.25) is 0 Å². The fraction of sp³-hybridized carbons (Fsp3) is 1.00. The Balaban J connectivity index is -0.0000000873. The Morgan fingerprint density at radius 1 is 0.414 bits per heavy atom. The van der Waals surface area contributed by atoms with E-state index in [4.69, 9.17) is 0 Å². The standard InChI is InChI=1S/4C6H13O.Ti/c4*1-3-4-5-6(2)7;/h4*6H,3-5H2,1-2H3;/q4*-1;+4. The zero-order valence-electron chi connectivity index (χ0n) is 20.9. The van der Waals surface area contributed by atoms with Gasteiger partial charge >= 0.3 is 21.7 Å². The van der Waals surface area contributed by atoms with Crippen LogP contribution >= 0.6 is 0 Å². The first-order chi connectivity index (χ1) is 13.1. The van der Waals surface area contributed by atoms with Crippen molar-refractivity contribution in [2.24, 2.45) is 0 Å². The van der Waals surface area contributed by atoms with Crippen LogP contribution in [0.3, 0.4) is 0 Å². The van der Waals surface area contributed by atoms with E-state index >= 15 is 0 Å². The molecule has 0 radical (unpaired) electrons. The van der Waals surface area contributed by atoms with Crippen LogP contribution in [0.25, 0.3) is 0 Å². The van der Waals surface area contributed by atoms with Crippen LogP contribution in [0.4, 0.5) is 0 Å². The van der Waals surface area contributed by atoms with Crippen LogP contribution in [0.15, 0.2) is 0 Å². The van der Waals surface area contributed by atoms with Gasteiger partial charge in [0.1, 0.15) is 0 Å². The van der Waals surface area contributed by atoms with Crippen molar-refractivity contribution in [1.29, 1.82) is 0 Å². The normalized spacial score (nSPS) is 13.7. The molecular formula is C24H52O4Ti. The van der Waals surface area contributed by atoms with E-state index in [2.05, 4.69) is 27.7 Å². The first-order valence-corrected chi connectivity index (χ1v) is 11.7. The number of rotatable bonds is 12. The molecule has 0 saturated carbocycles. The minimum Gasteiger partial charge on any atom is -0.852 e. The molecule has 4 unspecified atom stereocenters. The Hall–Kier alpha value is 0.554. The molecule has 29 heavy (non-hydrogen) atoms. The Bertz CT molecular complexity index is 187. The van der Waals surface area contributed by atoms with Crippen molar-refractivity contribution >= 4 is 0 Å². The molecule has 0 aliphatic heterocycles. The summed E-state index contributed by atoms with van der Waals surface area (Å²) >= 11 is 0. The van der Waals surface area contributed by atoms with Gasteiger partial charge in [-0.1, -0.05) is 132 Å². The van der Waals surface area contributed by atoms with Crippen LogP contribution < -0.4 is 20.4 Å². The average Bonchev–Trinajstić information content (AvgIpc) is 2.62. The minimum absolute atomic E-state index is 0. The first kappa shape index (κ1) is 40.0. The summed E-state index contributed by atoms with van der Waals surface area (Å²) in [6.45, 7) is 15.3. The molecule has 0 aromatic rings. The number of hydrogen-bond acceptors (Lipinski definition) is 4. The van der Waals surface area contributed by atoms with E-state index in [1.165, 1.54) is 0 Å². The van der Waals surface area contributed by atoms with Crippen LogP contribution in [0.1, 0.15) is 132 Å². The molecular weight excluding hydrogens is 400 g/mol. The monoisotopic (exact) mass is 452 g/mol. The topological polar surface area (TPSA) is 92.2 Å². The maximum atomic E-state index is 10.3. The molecule has 0 amide bonds. The van der Waals surface area contributed by atoms with Gasteiger partial charge in [-0.25, -0.2) is 0 Å². The third-order valence-corrected chi connectivity index (χ3v) is 3.86. The van der Waals surface area contributed by atoms with Gasteiger partial charge in [-0.15, -0.1) is 24.4 Å². The molecule has 0 rings (SSSR count). The van der Waals surface area contributed by atoms with Gasteiger partial charge in [0.2, 0.25) is 0 Å². The van der Waals surface area contributed by atoms with Crippen molar-refractivity contribution in [3.05, 3.63) is 0 Å². The zero-order chi connectivity index (χ0) is 22.8. The molecule has 0 N–H and O–H groups in total. The maximum absolute atomic E-state index is 10.3. The summed E-state index contributed by atoms with van der Waals surface area (Å²) in [7, 11) is 0. The van der Waals surface area contributed by atoms with Crippen LogP contribution in [0.2, 0.25) is 0 Å². The van der Waals surface area contributed by atoms with Crippen molar-refractivity contribution in [3.8, 4) is 0 Å². The van der Waals surface area contributed by atoms with E-state index in [-0.39, 0.29) is 46.1 Å². The molecule has 0 aliphatic rings. The van der Waals surface area contributed by atoms with Gasteiger partial charge in [0.15, 0.2) is 0 Å². The molecule has 0 aromatic carbocycles. The third kappa shape index (κ3) is 73.5. The molecule has 0 aliphatic carbocycles. The van der Waals surface area contributed by atoms with Crippen LogP contribution in [-0.2, 0) is 21.7 Å². The average molecular weight is 453 g/mol. The zero-order valence-corrected chi connectivity index (χ0v) is 22.5. The van der Waals surface area contributed by atoms with Gasteiger partial charge in [-0.05, 0) is 0 Å². The summed E-state index contributed by atoms with van der Waals surface area (Å²) in [5.41, 5.74) is 0. The molecule has 5 heteroatoms. The van der Waals surface area contributed by atoms with E-state index in [0.29, 0.717) is 0 Å². The van der Waals surface area contributed by atoms with E-state index in [0.717, 1.165) is 77.0 Å². The van der Waals surface area contributed by atoms with Gasteiger partial charge in [0.25, 0.3) is 0 Å². The second-order valence-electron chi connectivity index (χ2n) is 7.81. The molecule has 0 spiro atoms. The van der Waals surface area contributed by atoms with Crippen LogP contribution in [0, 0.1) is 0 Å². The van der Waals surface area contributed by atoms with E-state index in [1.807, 2.05) is 0 Å². The number of hydrogen-bond donors (Lipinski definition) is 0. The van der Waals surface area contributed by atoms with Crippen molar-refractivity contribution < 1.29 is 42.1 Å². The number of unbranched alkanes of at least 4 members (excludes halogenated alkanes) is 4. The van der Waals surface area contributed by atoms with Crippen LogP contribution in [-0.4, -0.2) is 24.4 Å². The summed E-state index contributed by atoms with van der Waals surface area (Å²) in [5.74, 6) is 0. The Kier molecular flexibility index (Phi) is 49.6. The van der Waals surface area contributed by atoms with Gasteiger partial charge in [0, 0.05) is 0 Å². The maximum Gasteiger partial charge on any atom is 4.00 e. The summed E-state index contributed by atoms with van der Waals surface area (Å²) in [6.07, 6.45) is 10.9. The van der Waals surface area contributed by atoms with E-state index in [9.17, 15) is 20.4 Å². The quantitative estimate of drug-likeness (QED) is 0.422. The van der Waals surface area contributed by atoms with E-state index < -0.39 is 0 Å². The predicted octanol–water partition coefficient (Wildman–Crippen LogP) is 3.70. The summed E-state index contributed by atoms with van der Waals surface area (Å²) in [5, 5.41) is 41.1. The van der Waals surface area contributed by atoms with Gasteiger partial charge < -0.3 is 20.4 Å². The fourth-order valence-corrected chi connectivity index (χ4v) is 1.97.